The third-order valence-electron chi connectivity index (χ3n) is 3.87. The summed E-state index contributed by atoms with van der Waals surface area (Å²) in [5.41, 5.74) is 2.39. The standard InChI is InChI=1S/C16H26N2O2/c1-3-13(11-19)17-8-7-12-5-6-16-15(9-12)18-10-14(4-2)20-16/h5-6,9,13-14,17-19H,3-4,7-8,10-11H2,1-2H3. The van der Waals surface area contributed by atoms with Gasteiger partial charge in [-0.3, -0.25) is 0 Å². The van der Waals surface area contributed by atoms with Crippen molar-refractivity contribution in [3.63, 3.8) is 0 Å². The van der Waals surface area contributed by atoms with Crippen molar-refractivity contribution in [2.45, 2.75) is 45.3 Å². The van der Waals surface area contributed by atoms with E-state index in [0.29, 0.717) is 0 Å². The molecule has 112 valence electrons. The van der Waals surface area contributed by atoms with Gasteiger partial charge in [0, 0.05) is 6.04 Å². The van der Waals surface area contributed by atoms with Crippen LogP contribution in [0.25, 0.3) is 0 Å². The van der Waals surface area contributed by atoms with Gasteiger partial charge in [-0.15, -0.1) is 0 Å². The molecule has 3 N–H and O–H groups in total. The van der Waals surface area contributed by atoms with Gasteiger partial charge >= 0.3 is 0 Å². The summed E-state index contributed by atoms with van der Waals surface area (Å²) in [5.74, 6) is 0.960. The second kappa shape index (κ2) is 7.50. The first-order valence-corrected chi connectivity index (χ1v) is 7.64. The van der Waals surface area contributed by atoms with Crippen LogP contribution in [0.15, 0.2) is 18.2 Å². The molecule has 4 heteroatoms. The zero-order valence-corrected chi connectivity index (χ0v) is 12.5. The molecule has 0 fully saturated rings. The molecule has 0 amide bonds. The number of aliphatic hydroxyl groups excluding tert-OH is 1. The fourth-order valence-corrected chi connectivity index (χ4v) is 2.40. The molecule has 0 spiro atoms. The maximum atomic E-state index is 9.14. The lowest BCUT2D eigenvalue weighted by molar-refractivity contribution is 0.202. The van der Waals surface area contributed by atoms with E-state index < -0.39 is 0 Å². The summed E-state index contributed by atoms with van der Waals surface area (Å²) in [5, 5.41) is 15.9. The Balaban J connectivity index is 1.88. The van der Waals surface area contributed by atoms with Crippen molar-refractivity contribution in [3.05, 3.63) is 23.8 Å². The van der Waals surface area contributed by atoms with Crippen LogP contribution in [0, 0.1) is 0 Å². The second-order valence-electron chi connectivity index (χ2n) is 5.35. The Morgan fingerprint density at radius 1 is 1.45 bits per heavy atom. The molecule has 1 aromatic rings. The fourth-order valence-electron chi connectivity index (χ4n) is 2.40. The number of benzene rings is 1. The molecule has 1 aromatic carbocycles. The van der Waals surface area contributed by atoms with Gasteiger partial charge in [0.1, 0.15) is 11.9 Å². The van der Waals surface area contributed by atoms with Crippen molar-refractivity contribution in [1.29, 1.82) is 0 Å². The molecule has 0 saturated carbocycles. The first-order valence-electron chi connectivity index (χ1n) is 7.64. The number of ether oxygens (including phenoxy) is 1. The smallest absolute Gasteiger partial charge is 0.142 e. The Hall–Kier alpha value is -1.26. The largest absolute Gasteiger partial charge is 0.486 e. The van der Waals surface area contributed by atoms with Crippen LogP contribution >= 0.6 is 0 Å². The minimum Gasteiger partial charge on any atom is -0.486 e. The molecule has 2 atom stereocenters. The monoisotopic (exact) mass is 278 g/mol. The molecule has 4 nitrogen and oxygen atoms in total. The number of hydrogen-bond donors (Lipinski definition) is 3. The molecule has 1 heterocycles. The molecule has 2 unspecified atom stereocenters. The van der Waals surface area contributed by atoms with E-state index in [0.717, 1.165) is 43.8 Å². The summed E-state index contributed by atoms with van der Waals surface area (Å²) in [7, 11) is 0. The highest BCUT2D eigenvalue weighted by Gasteiger charge is 2.17. The van der Waals surface area contributed by atoms with Crippen LogP contribution in [0.1, 0.15) is 32.3 Å². The summed E-state index contributed by atoms with van der Waals surface area (Å²) < 4.78 is 5.90. The normalized spacial score (nSPS) is 18.9. The van der Waals surface area contributed by atoms with E-state index in [9.17, 15) is 0 Å². The number of fused-ring (bicyclic) bond motifs is 1. The number of rotatable bonds is 7. The van der Waals surface area contributed by atoms with Crippen molar-refractivity contribution in [3.8, 4) is 5.75 Å². The highest BCUT2D eigenvalue weighted by molar-refractivity contribution is 5.59. The third-order valence-corrected chi connectivity index (χ3v) is 3.87. The van der Waals surface area contributed by atoms with E-state index in [-0.39, 0.29) is 18.8 Å². The molecule has 2 rings (SSSR count). The van der Waals surface area contributed by atoms with Gasteiger partial charge in [-0.05, 0) is 43.5 Å². The lowest BCUT2D eigenvalue weighted by Gasteiger charge is -2.27. The molecule has 0 radical (unpaired) electrons. The number of hydrogen-bond acceptors (Lipinski definition) is 4. The van der Waals surface area contributed by atoms with Gasteiger partial charge in [0.2, 0.25) is 0 Å². The minimum absolute atomic E-state index is 0.203. The summed E-state index contributed by atoms with van der Waals surface area (Å²) in [4.78, 5) is 0. The van der Waals surface area contributed by atoms with Gasteiger partial charge in [0.25, 0.3) is 0 Å². The second-order valence-corrected chi connectivity index (χ2v) is 5.35. The maximum absolute atomic E-state index is 9.14. The fraction of sp³-hybridized carbons (Fsp3) is 0.625. The average Bonchev–Trinajstić information content (AvgIpc) is 2.51. The van der Waals surface area contributed by atoms with Gasteiger partial charge in [0.15, 0.2) is 0 Å². The Bertz CT molecular complexity index is 419. The van der Waals surface area contributed by atoms with E-state index >= 15 is 0 Å². The lowest BCUT2D eigenvalue weighted by Crippen LogP contribution is -2.33. The summed E-state index contributed by atoms with van der Waals surface area (Å²) in [6.07, 6.45) is 3.22. The summed E-state index contributed by atoms with van der Waals surface area (Å²) >= 11 is 0. The van der Waals surface area contributed by atoms with Crippen LogP contribution in [-0.4, -0.2) is 36.9 Å². The molecule has 0 saturated heterocycles. The zero-order chi connectivity index (χ0) is 14.4. The molecule has 1 aliphatic heterocycles. The number of anilines is 1. The van der Waals surface area contributed by atoms with Crippen LogP contribution < -0.4 is 15.4 Å². The Labute approximate surface area is 121 Å². The Morgan fingerprint density at radius 2 is 2.30 bits per heavy atom. The molecule has 0 bridgehead atoms. The highest BCUT2D eigenvalue weighted by atomic mass is 16.5. The van der Waals surface area contributed by atoms with Crippen LogP contribution in [-0.2, 0) is 6.42 Å². The van der Waals surface area contributed by atoms with Gasteiger partial charge < -0.3 is 20.5 Å². The van der Waals surface area contributed by atoms with Crippen molar-refractivity contribution in [2.75, 3.05) is 25.0 Å². The molecule has 20 heavy (non-hydrogen) atoms. The van der Waals surface area contributed by atoms with E-state index in [1.165, 1.54) is 5.56 Å². The summed E-state index contributed by atoms with van der Waals surface area (Å²) in [6, 6.07) is 6.56. The first-order chi connectivity index (χ1) is 9.76. The third kappa shape index (κ3) is 3.87. The van der Waals surface area contributed by atoms with Crippen molar-refractivity contribution >= 4 is 5.69 Å². The van der Waals surface area contributed by atoms with Crippen LogP contribution in [0.3, 0.4) is 0 Å². The van der Waals surface area contributed by atoms with Gasteiger partial charge in [0.05, 0.1) is 18.8 Å². The van der Waals surface area contributed by atoms with E-state index in [1.807, 2.05) is 0 Å². The van der Waals surface area contributed by atoms with Gasteiger partial charge in [-0.2, -0.15) is 0 Å². The SMILES string of the molecule is CCC(CO)NCCc1ccc2c(c1)NCC(CC)O2. The average molecular weight is 278 g/mol. The van der Waals surface area contributed by atoms with Crippen molar-refractivity contribution in [2.24, 2.45) is 0 Å². The predicted octanol–water partition coefficient (Wildman–Crippen LogP) is 2.17. The van der Waals surface area contributed by atoms with Crippen LogP contribution in [0.2, 0.25) is 0 Å². The van der Waals surface area contributed by atoms with Crippen molar-refractivity contribution < 1.29 is 9.84 Å². The molecular formula is C16H26N2O2. The number of nitrogens with one attached hydrogen (secondary N) is 2. The predicted molar refractivity (Wildman–Crippen MR) is 82.5 cm³/mol. The highest BCUT2D eigenvalue weighted by Crippen LogP contribution is 2.30. The quantitative estimate of drug-likeness (QED) is 0.715. The topological polar surface area (TPSA) is 53.5 Å². The van der Waals surface area contributed by atoms with E-state index in [4.69, 9.17) is 9.84 Å². The van der Waals surface area contributed by atoms with E-state index in [1.54, 1.807) is 0 Å². The van der Waals surface area contributed by atoms with Gasteiger partial charge in [-0.25, -0.2) is 0 Å². The van der Waals surface area contributed by atoms with Gasteiger partial charge in [-0.1, -0.05) is 19.9 Å². The molecule has 0 aliphatic carbocycles. The molecule has 1 aliphatic rings. The Kier molecular flexibility index (Phi) is 5.68. The van der Waals surface area contributed by atoms with E-state index in [2.05, 4.69) is 42.7 Å². The first kappa shape index (κ1) is 15.1. The van der Waals surface area contributed by atoms with Crippen LogP contribution in [0.4, 0.5) is 5.69 Å². The van der Waals surface area contributed by atoms with Crippen molar-refractivity contribution in [1.82, 2.24) is 5.32 Å². The zero-order valence-electron chi connectivity index (χ0n) is 12.5. The Morgan fingerprint density at radius 3 is 3.00 bits per heavy atom. The minimum atomic E-state index is 0.203. The molecular weight excluding hydrogens is 252 g/mol. The van der Waals surface area contributed by atoms with Crippen LogP contribution in [0.5, 0.6) is 5.75 Å². The maximum Gasteiger partial charge on any atom is 0.142 e. The summed E-state index contributed by atoms with van der Waals surface area (Å²) in [6.45, 7) is 6.19. The lowest BCUT2D eigenvalue weighted by atomic mass is 10.1. The number of aliphatic hydroxyl groups is 1. The molecule has 0 aromatic heterocycles.